The van der Waals surface area contributed by atoms with Crippen molar-refractivity contribution in [3.8, 4) is 0 Å². The van der Waals surface area contributed by atoms with E-state index in [0.717, 1.165) is 24.2 Å². The molecule has 4 aliphatic rings. The SMILES string of the molecule is C1=CCC2=CC=C(CCC3CCC4C=CC=CC43)C2=C1. The second-order valence-electron chi connectivity index (χ2n) is 6.48. The van der Waals surface area contributed by atoms with E-state index in [-0.39, 0.29) is 0 Å². The summed E-state index contributed by atoms with van der Waals surface area (Å²) >= 11 is 0. The first-order valence-electron chi connectivity index (χ1n) is 8.04. The second-order valence-corrected chi connectivity index (χ2v) is 6.48. The van der Waals surface area contributed by atoms with Crippen molar-refractivity contribution < 1.29 is 0 Å². The maximum Gasteiger partial charge on any atom is -0.00883 e. The van der Waals surface area contributed by atoms with E-state index in [1.165, 1.54) is 36.8 Å². The smallest absolute Gasteiger partial charge is 0.00883 e. The summed E-state index contributed by atoms with van der Waals surface area (Å²) in [6, 6.07) is 0. The van der Waals surface area contributed by atoms with E-state index in [0.29, 0.717) is 0 Å². The Balaban J connectivity index is 1.40. The fraction of sp³-hybridized carbons (Fsp3) is 0.400. The standard InChI is InChI=1S/C20H22/c1-3-7-19-15(5-1)9-11-17(19)13-14-18-12-10-16-6-2-4-8-20(16)18/h1-5,7-8,10,12,15,17,19H,6,9,11,13-14H2. The summed E-state index contributed by atoms with van der Waals surface area (Å²) in [7, 11) is 0. The molecular formula is C20H22. The summed E-state index contributed by atoms with van der Waals surface area (Å²) < 4.78 is 0. The molecule has 3 unspecified atom stereocenters. The Bertz CT molecular complexity index is 577. The predicted octanol–water partition coefficient (Wildman–Crippen LogP) is 5.29. The number of rotatable bonds is 3. The monoisotopic (exact) mass is 262 g/mol. The van der Waals surface area contributed by atoms with Crippen LogP contribution in [0.25, 0.3) is 0 Å². The highest BCUT2D eigenvalue weighted by Crippen LogP contribution is 2.44. The van der Waals surface area contributed by atoms with Gasteiger partial charge in [0.15, 0.2) is 0 Å². The van der Waals surface area contributed by atoms with Crippen molar-refractivity contribution in [2.24, 2.45) is 17.8 Å². The van der Waals surface area contributed by atoms with Gasteiger partial charge in [-0.3, -0.25) is 0 Å². The van der Waals surface area contributed by atoms with Crippen LogP contribution in [0.4, 0.5) is 0 Å². The maximum atomic E-state index is 2.46. The summed E-state index contributed by atoms with van der Waals surface area (Å²) in [6.07, 6.45) is 27.4. The van der Waals surface area contributed by atoms with Crippen molar-refractivity contribution in [3.05, 3.63) is 71.4 Å². The van der Waals surface area contributed by atoms with E-state index in [9.17, 15) is 0 Å². The van der Waals surface area contributed by atoms with Crippen LogP contribution < -0.4 is 0 Å². The molecular weight excluding hydrogens is 240 g/mol. The predicted molar refractivity (Wildman–Crippen MR) is 85.2 cm³/mol. The van der Waals surface area contributed by atoms with Crippen LogP contribution in [-0.2, 0) is 0 Å². The van der Waals surface area contributed by atoms with Gasteiger partial charge in [0, 0.05) is 0 Å². The zero-order chi connectivity index (χ0) is 13.4. The van der Waals surface area contributed by atoms with Gasteiger partial charge < -0.3 is 0 Å². The molecule has 0 aromatic heterocycles. The third kappa shape index (κ3) is 2.08. The van der Waals surface area contributed by atoms with E-state index in [4.69, 9.17) is 0 Å². The number of fused-ring (bicyclic) bond motifs is 2. The Morgan fingerprint density at radius 1 is 0.950 bits per heavy atom. The lowest BCUT2D eigenvalue weighted by atomic mass is 9.82. The van der Waals surface area contributed by atoms with Crippen LogP contribution in [0, 0.1) is 17.8 Å². The highest BCUT2D eigenvalue weighted by Gasteiger charge is 2.33. The first-order valence-corrected chi connectivity index (χ1v) is 8.04. The third-order valence-corrected chi connectivity index (χ3v) is 5.41. The molecule has 4 aliphatic carbocycles. The minimum atomic E-state index is 0.815. The van der Waals surface area contributed by atoms with Crippen molar-refractivity contribution in [2.75, 3.05) is 0 Å². The van der Waals surface area contributed by atoms with Crippen molar-refractivity contribution in [1.29, 1.82) is 0 Å². The lowest BCUT2D eigenvalue weighted by Gasteiger charge is -2.22. The summed E-state index contributed by atoms with van der Waals surface area (Å²) in [5.74, 6) is 2.54. The summed E-state index contributed by atoms with van der Waals surface area (Å²) in [4.78, 5) is 0. The zero-order valence-corrected chi connectivity index (χ0v) is 12.0. The lowest BCUT2D eigenvalue weighted by Crippen LogP contribution is -2.13. The number of allylic oxidation sites excluding steroid dienone is 12. The zero-order valence-electron chi connectivity index (χ0n) is 12.0. The van der Waals surface area contributed by atoms with Crippen LogP contribution >= 0.6 is 0 Å². The van der Waals surface area contributed by atoms with Crippen LogP contribution in [0.2, 0.25) is 0 Å². The minimum Gasteiger partial charge on any atom is -0.0808 e. The van der Waals surface area contributed by atoms with Gasteiger partial charge in [0.2, 0.25) is 0 Å². The van der Waals surface area contributed by atoms with Crippen molar-refractivity contribution >= 4 is 0 Å². The molecule has 1 fully saturated rings. The fourth-order valence-corrected chi connectivity index (χ4v) is 4.30. The molecule has 0 spiro atoms. The van der Waals surface area contributed by atoms with E-state index < -0.39 is 0 Å². The van der Waals surface area contributed by atoms with E-state index in [1.807, 2.05) is 0 Å². The highest BCUT2D eigenvalue weighted by atomic mass is 14.4. The molecule has 4 rings (SSSR count). The normalized spacial score (nSPS) is 33.6. The van der Waals surface area contributed by atoms with Crippen molar-refractivity contribution in [3.63, 3.8) is 0 Å². The molecule has 0 heteroatoms. The van der Waals surface area contributed by atoms with Crippen LogP contribution in [0.3, 0.4) is 0 Å². The first-order chi connectivity index (χ1) is 9.92. The molecule has 1 saturated carbocycles. The Morgan fingerprint density at radius 2 is 1.90 bits per heavy atom. The summed E-state index contributed by atoms with van der Waals surface area (Å²) in [5, 5.41) is 0. The van der Waals surface area contributed by atoms with Crippen LogP contribution in [0.1, 0.15) is 32.1 Å². The Labute approximate surface area is 122 Å². The molecule has 0 aromatic carbocycles. The molecule has 0 aliphatic heterocycles. The van der Waals surface area contributed by atoms with Gasteiger partial charge >= 0.3 is 0 Å². The molecule has 0 aromatic rings. The summed E-state index contributed by atoms with van der Waals surface area (Å²) in [5.41, 5.74) is 4.61. The molecule has 0 amide bonds. The van der Waals surface area contributed by atoms with Gasteiger partial charge in [-0.15, -0.1) is 0 Å². The molecule has 0 bridgehead atoms. The molecule has 102 valence electrons. The molecule has 0 heterocycles. The summed E-state index contributed by atoms with van der Waals surface area (Å²) in [6.45, 7) is 0. The molecule has 0 saturated heterocycles. The van der Waals surface area contributed by atoms with Gasteiger partial charge in [0.05, 0.1) is 0 Å². The Hall–Kier alpha value is -1.56. The Kier molecular flexibility index (Phi) is 3.10. The van der Waals surface area contributed by atoms with E-state index >= 15 is 0 Å². The molecule has 20 heavy (non-hydrogen) atoms. The lowest BCUT2D eigenvalue weighted by molar-refractivity contribution is 0.394. The second kappa shape index (κ2) is 5.09. The minimum absolute atomic E-state index is 0.815. The number of hydrogen-bond acceptors (Lipinski definition) is 0. The van der Waals surface area contributed by atoms with E-state index in [2.05, 4.69) is 54.7 Å². The Morgan fingerprint density at radius 3 is 2.90 bits per heavy atom. The van der Waals surface area contributed by atoms with Gasteiger partial charge in [0.1, 0.15) is 0 Å². The number of hydrogen-bond donors (Lipinski definition) is 0. The largest absolute Gasteiger partial charge is 0.0808 e. The van der Waals surface area contributed by atoms with Gasteiger partial charge in [-0.1, -0.05) is 54.7 Å². The van der Waals surface area contributed by atoms with Gasteiger partial charge in [-0.05, 0) is 66.6 Å². The van der Waals surface area contributed by atoms with Crippen molar-refractivity contribution in [2.45, 2.75) is 32.1 Å². The van der Waals surface area contributed by atoms with Crippen LogP contribution in [0.15, 0.2) is 71.4 Å². The average molecular weight is 262 g/mol. The average Bonchev–Trinajstić information content (AvgIpc) is 3.09. The van der Waals surface area contributed by atoms with Gasteiger partial charge in [0.25, 0.3) is 0 Å². The molecule has 0 N–H and O–H groups in total. The molecule has 0 radical (unpaired) electrons. The van der Waals surface area contributed by atoms with Gasteiger partial charge in [-0.2, -0.15) is 0 Å². The molecule has 3 atom stereocenters. The maximum absolute atomic E-state index is 2.46. The van der Waals surface area contributed by atoms with Gasteiger partial charge in [-0.25, -0.2) is 0 Å². The first kappa shape index (κ1) is 12.2. The fourth-order valence-electron chi connectivity index (χ4n) is 4.30. The van der Waals surface area contributed by atoms with Crippen molar-refractivity contribution in [1.82, 2.24) is 0 Å². The quantitative estimate of drug-likeness (QED) is 0.648. The topological polar surface area (TPSA) is 0 Å². The molecule has 0 nitrogen and oxygen atoms in total. The highest BCUT2D eigenvalue weighted by molar-refractivity contribution is 5.58. The van der Waals surface area contributed by atoms with E-state index in [1.54, 1.807) is 5.57 Å². The third-order valence-electron chi connectivity index (χ3n) is 5.41. The van der Waals surface area contributed by atoms with Crippen LogP contribution in [0.5, 0.6) is 0 Å². The van der Waals surface area contributed by atoms with Crippen LogP contribution in [-0.4, -0.2) is 0 Å².